The van der Waals surface area contributed by atoms with Crippen LogP contribution in [0.3, 0.4) is 0 Å². The van der Waals surface area contributed by atoms with Crippen molar-refractivity contribution in [3.05, 3.63) is 52.6 Å². The van der Waals surface area contributed by atoms with Gasteiger partial charge in [0, 0.05) is 37.5 Å². The van der Waals surface area contributed by atoms with E-state index in [0.29, 0.717) is 35.5 Å². The van der Waals surface area contributed by atoms with Gasteiger partial charge in [0.15, 0.2) is 6.61 Å². The van der Waals surface area contributed by atoms with Crippen LogP contribution in [0.4, 0.5) is 13.2 Å². The molecule has 1 aliphatic rings. The van der Waals surface area contributed by atoms with Crippen LogP contribution in [-0.2, 0) is 11.3 Å². The summed E-state index contributed by atoms with van der Waals surface area (Å²) >= 11 is 0. The molecule has 32 heavy (non-hydrogen) atoms. The highest BCUT2D eigenvalue weighted by Gasteiger charge is 2.35. The maximum absolute atomic E-state index is 13.0. The van der Waals surface area contributed by atoms with E-state index in [0.717, 1.165) is 0 Å². The van der Waals surface area contributed by atoms with E-state index in [2.05, 4.69) is 15.3 Å². The van der Waals surface area contributed by atoms with Crippen molar-refractivity contribution < 1.29 is 32.2 Å². The Bertz CT molecular complexity index is 1010. The molecule has 1 aliphatic heterocycles. The summed E-state index contributed by atoms with van der Waals surface area (Å²) in [5.41, 5.74) is 2.02. The van der Waals surface area contributed by atoms with Crippen molar-refractivity contribution in [2.45, 2.75) is 32.6 Å². The minimum atomic E-state index is -4.45. The van der Waals surface area contributed by atoms with E-state index >= 15 is 0 Å². The molecule has 3 rings (SSSR count). The summed E-state index contributed by atoms with van der Waals surface area (Å²) in [5, 5.41) is 2.69. The topological polar surface area (TPSA) is 93.7 Å². The second-order valence-corrected chi connectivity index (χ2v) is 7.32. The Balaban J connectivity index is 1.77. The van der Waals surface area contributed by atoms with Crippen LogP contribution in [0.25, 0.3) is 0 Å². The Kier molecular flexibility index (Phi) is 6.97. The van der Waals surface area contributed by atoms with Gasteiger partial charge >= 0.3 is 6.18 Å². The standard InChI is InChI=1S/C21H23F3N4O4/c1-12-8-16(27-9-17(12)32-11-21(22,23)24)13(2)28-10-15-14(20(28)30)4-5-25-18(15)19(29)26-6-7-31-3/h4-5,8-9,13H,6-7,10-11H2,1-3H3,(H,26,29). The van der Waals surface area contributed by atoms with Crippen molar-refractivity contribution in [1.82, 2.24) is 20.2 Å². The third-order valence-electron chi connectivity index (χ3n) is 5.05. The van der Waals surface area contributed by atoms with Crippen LogP contribution in [0.5, 0.6) is 5.75 Å². The number of methoxy groups -OCH3 is 1. The zero-order valence-electron chi connectivity index (χ0n) is 17.8. The smallest absolute Gasteiger partial charge is 0.422 e. The highest BCUT2D eigenvalue weighted by molar-refractivity contribution is 6.03. The molecular weight excluding hydrogens is 429 g/mol. The molecule has 0 aliphatic carbocycles. The number of alkyl halides is 3. The summed E-state index contributed by atoms with van der Waals surface area (Å²) < 4.78 is 46.9. The minimum Gasteiger partial charge on any atom is -0.482 e. The zero-order chi connectivity index (χ0) is 23.5. The molecule has 172 valence electrons. The van der Waals surface area contributed by atoms with Gasteiger partial charge in [-0.3, -0.25) is 19.6 Å². The molecule has 3 heterocycles. The maximum Gasteiger partial charge on any atom is 0.422 e. The molecule has 1 atom stereocenters. The lowest BCUT2D eigenvalue weighted by Gasteiger charge is -2.24. The Morgan fingerprint density at radius 3 is 2.75 bits per heavy atom. The lowest BCUT2D eigenvalue weighted by atomic mass is 10.1. The van der Waals surface area contributed by atoms with Crippen LogP contribution >= 0.6 is 0 Å². The Labute approximate surface area is 182 Å². The van der Waals surface area contributed by atoms with Crippen molar-refractivity contribution >= 4 is 11.8 Å². The van der Waals surface area contributed by atoms with Crippen LogP contribution < -0.4 is 10.1 Å². The number of nitrogens with zero attached hydrogens (tertiary/aromatic N) is 3. The predicted octanol–water partition coefficient (Wildman–Crippen LogP) is 2.82. The first-order valence-corrected chi connectivity index (χ1v) is 9.84. The number of aromatic nitrogens is 2. The van der Waals surface area contributed by atoms with E-state index in [1.165, 1.54) is 24.4 Å². The number of carbonyl (C=O) groups is 2. The fourth-order valence-corrected chi connectivity index (χ4v) is 3.37. The summed E-state index contributed by atoms with van der Waals surface area (Å²) in [6, 6.07) is 2.65. The molecule has 8 nitrogen and oxygen atoms in total. The molecule has 0 fully saturated rings. The SMILES string of the molecule is COCCNC(=O)c1nccc2c1CN(C(C)c1cc(C)c(OCC(F)(F)F)cn1)C2=O. The van der Waals surface area contributed by atoms with Gasteiger partial charge < -0.3 is 19.7 Å². The molecule has 0 radical (unpaired) electrons. The summed E-state index contributed by atoms with van der Waals surface area (Å²) in [6.07, 6.45) is -1.82. The summed E-state index contributed by atoms with van der Waals surface area (Å²) in [5.74, 6) is -0.660. The van der Waals surface area contributed by atoms with Gasteiger partial charge in [0.2, 0.25) is 0 Å². The van der Waals surface area contributed by atoms with E-state index < -0.39 is 24.7 Å². The number of hydrogen-bond acceptors (Lipinski definition) is 6. The number of hydrogen-bond donors (Lipinski definition) is 1. The highest BCUT2D eigenvalue weighted by Crippen LogP contribution is 2.33. The average Bonchev–Trinajstić information content (AvgIpc) is 3.08. The molecule has 0 aromatic carbocycles. The average molecular weight is 452 g/mol. The molecule has 1 N–H and O–H groups in total. The molecular formula is C21H23F3N4O4. The largest absolute Gasteiger partial charge is 0.482 e. The van der Waals surface area contributed by atoms with Crippen molar-refractivity contribution in [1.29, 1.82) is 0 Å². The predicted molar refractivity (Wildman–Crippen MR) is 107 cm³/mol. The van der Waals surface area contributed by atoms with Crippen LogP contribution in [0.15, 0.2) is 24.5 Å². The third-order valence-corrected chi connectivity index (χ3v) is 5.05. The van der Waals surface area contributed by atoms with E-state index in [1.54, 1.807) is 26.0 Å². The first-order valence-electron chi connectivity index (χ1n) is 9.84. The molecule has 2 aromatic rings. The van der Waals surface area contributed by atoms with E-state index in [9.17, 15) is 22.8 Å². The zero-order valence-corrected chi connectivity index (χ0v) is 17.8. The molecule has 0 saturated heterocycles. The first-order chi connectivity index (χ1) is 15.1. The van der Waals surface area contributed by atoms with Gasteiger partial charge in [0.05, 0.1) is 24.5 Å². The minimum absolute atomic E-state index is 0.0218. The van der Waals surface area contributed by atoms with Gasteiger partial charge in [-0.05, 0) is 31.5 Å². The number of halogens is 3. The van der Waals surface area contributed by atoms with Crippen LogP contribution in [0, 0.1) is 6.92 Å². The molecule has 0 bridgehead atoms. The summed E-state index contributed by atoms with van der Waals surface area (Å²) in [7, 11) is 1.52. The molecule has 1 unspecified atom stereocenters. The number of pyridine rings is 2. The van der Waals surface area contributed by atoms with Crippen LogP contribution in [-0.4, -0.2) is 59.7 Å². The number of fused-ring (bicyclic) bond motifs is 1. The van der Waals surface area contributed by atoms with Crippen molar-refractivity contribution in [3.63, 3.8) is 0 Å². The highest BCUT2D eigenvalue weighted by atomic mass is 19.4. The summed E-state index contributed by atoms with van der Waals surface area (Å²) in [4.78, 5) is 35.3. The molecule has 2 amide bonds. The quantitative estimate of drug-likeness (QED) is 0.619. The number of carbonyl (C=O) groups excluding carboxylic acids is 2. The van der Waals surface area contributed by atoms with Crippen molar-refractivity contribution in [2.75, 3.05) is 26.9 Å². The monoisotopic (exact) mass is 452 g/mol. The number of amides is 2. The van der Waals surface area contributed by atoms with E-state index in [4.69, 9.17) is 9.47 Å². The fourth-order valence-electron chi connectivity index (χ4n) is 3.37. The number of nitrogens with one attached hydrogen (secondary N) is 1. The van der Waals surface area contributed by atoms with Crippen molar-refractivity contribution in [3.8, 4) is 5.75 Å². The number of rotatable bonds is 8. The lowest BCUT2D eigenvalue weighted by molar-refractivity contribution is -0.153. The fraction of sp³-hybridized carbons (Fsp3) is 0.429. The Morgan fingerprint density at radius 2 is 2.09 bits per heavy atom. The van der Waals surface area contributed by atoms with Gasteiger partial charge in [0.25, 0.3) is 11.8 Å². The Hall–Kier alpha value is -3.21. The molecule has 0 spiro atoms. The number of ether oxygens (including phenoxy) is 2. The van der Waals surface area contributed by atoms with E-state index in [1.807, 2.05) is 0 Å². The van der Waals surface area contributed by atoms with Crippen LogP contribution in [0.1, 0.15) is 50.6 Å². The number of aryl methyl sites for hydroxylation is 1. The second-order valence-electron chi connectivity index (χ2n) is 7.32. The van der Waals surface area contributed by atoms with Gasteiger partial charge in [0.1, 0.15) is 11.4 Å². The summed E-state index contributed by atoms with van der Waals surface area (Å²) in [6.45, 7) is 2.76. The van der Waals surface area contributed by atoms with Crippen molar-refractivity contribution in [2.24, 2.45) is 0 Å². The third kappa shape index (κ3) is 5.16. The Morgan fingerprint density at radius 1 is 1.34 bits per heavy atom. The van der Waals surface area contributed by atoms with Gasteiger partial charge in [-0.2, -0.15) is 13.2 Å². The molecule has 0 saturated carbocycles. The lowest BCUT2D eigenvalue weighted by Crippen LogP contribution is -2.29. The second kappa shape index (κ2) is 9.51. The van der Waals surface area contributed by atoms with Gasteiger partial charge in [-0.25, -0.2) is 0 Å². The van der Waals surface area contributed by atoms with Crippen LogP contribution in [0.2, 0.25) is 0 Å². The van der Waals surface area contributed by atoms with Gasteiger partial charge in [-0.1, -0.05) is 0 Å². The van der Waals surface area contributed by atoms with Gasteiger partial charge in [-0.15, -0.1) is 0 Å². The maximum atomic E-state index is 13.0. The molecule has 2 aromatic heterocycles. The first kappa shape index (κ1) is 23.5. The normalized spacial score (nSPS) is 14.3. The molecule has 11 heteroatoms. The van der Waals surface area contributed by atoms with E-state index in [-0.39, 0.29) is 23.9 Å².